The van der Waals surface area contributed by atoms with Crippen LogP contribution in [0.4, 0.5) is 10.6 Å². The number of pyridine rings is 1. The van der Waals surface area contributed by atoms with Gasteiger partial charge in [-0.1, -0.05) is 6.92 Å². The number of aryl methyl sites for hydroxylation is 2. The van der Waals surface area contributed by atoms with Crippen LogP contribution in [0.2, 0.25) is 0 Å². The summed E-state index contributed by atoms with van der Waals surface area (Å²) in [6.07, 6.45) is 1.21. The lowest BCUT2D eigenvalue weighted by molar-refractivity contribution is 0.161. The van der Waals surface area contributed by atoms with Crippen LogP contribution < -0.4 is 5.32 Å². The van der Waals surface area contributed by atoms with E-state index in [1.54, 1.807) is 0 Å². The first-order valence-electron chi connectivity index (χ1n) is 6.99. The van der Waals surface area contributed by atoms with E-state index < -0.39 is 6.09 Å². The second-order valence-electron chi connectivity index (χ2n) is 5.22. The Hall–Kier alpha value is -1.62. The summed E-state index contributed by atoms with van der Waals surface area (Å²) in [7, 11) is 4.05. The van der Waals surface area contributed by atoms with E-state index in [4.69, 9.17) is 4.74 Å². The van der Waals surface area contributed by atoms with Crippen LogP contribution >= 0.6 is 0 Å². The molecule has 1 rings (SSSR count). The van der Waals surface area contributed by atoms with Crippen molar-refractivity contribution >= 4 is 11.9 Å². The minimum absolute atomic E-state index is 0.420. The van der Waals surface area contributed by atoms with Crippen molar-refractivity contribution in [2.75, 3.05) is 32.6 Å². The first-order chi connectivity index (χ1) is 9.43. The van der Waals surface area contributed by atoms with Gasteiger partial charge in [-0.05, 0) is 58.0 Å². The third kappa shape index (κ3) is 5.17. The normalized spacial score (nSPS) is 10.7. The topological polar surface area (TPSA) is 54.5 Å². The quantitative estimate of drug-likeness (QED) is 0.870. The van der Waals surface area contributed by atoms with Crippen LogP contribution in [0.25, 0.3) is 0 Å². The van der Waals surface area contributed by atoms with Crippen LogP contribution in [0.1, 0.15) is 30.2 Å². The Kier molecular flexibility index (Phi) is 6.45. The Morgan fingerprint density at radius 2 is 2.10 bits per heavy atom. The van der Waals surface area contributed by atoms with Gasteiger partial charge in [0.1, 0.15) is 5.82 Å². The summed E-state index contributed by atoms with van der Waals surface area (Å²) >= 11 is 0. The highest BCUT2D eigenvalue weighted by Gasteiger charge is 2.12. The number of carbonyl (C=O) groups is 1. The molecule has 1 aromatic rings. The van der Waals surface area contributed by atoms with E-state index in [1.807, 2.05) is 40.9 Å². The molecule has 1 heterocycles. The van der Waals surface area contributed by atoms with Crippen molar-refractivity contribution in [1.29, 1.82) is 0 Å². The molecule has 0 saturated carbocycles. The second kappa shape index (κ2) is 7.85. The van der Waals surface area contributed by atoms with Gasteiger partial charge in [-0.2, -0.15) is 0 Å². The Morgan fingerprint density at radius 3 is 2.70 bits per heavy atom. The third-order valence-corrected chi connectivity index (χ3v) is 2.94. The minimum atomic E-state index is -0.435. The maximum absolute atomic E-state index is 11.7. The molecule has 0 spiro atoms. The summed E-state index contributed by atoms with van der Waals surface area (Å²) in [6, 6.07) is 2.04. The van der Waals surface area contributed by atoms with E-state index in [0.717, 1.165) is 36.2 Å². The monoisotopic (exact) mass is 279 g/mol. The van der Waals surface area contributed by atoms with E-state index in [2.05, 4.69) is 15.2 Å². The number of hydrogen-bond acceptors (Lipinski definition) is 4. The predicted octanol–water partition coefficient (Wildman–Crippen LogP) is 2.76. The van der Waals surface area contributed by atoms with E-state index in [9.17, 15) is 4.79 Å². The molecule has 0 aliphatic rings. The molecule has 0 fully saturated rings. The Labute approximate surface area is 121 Å². The Balaban J connectivity index is 2.88. The van der Waals surface area contributed by atoms with E-state index in [0.29, 0.717) is 12.4 Å². The number of aromatic nitrogens is 1. The number of ether oxygens (including phenoxy) is 1. The molecule has 20 heavy (non-hydrogen) atoms. The molecule has 112 valence electrons. The van der Waals surface area contributed by atoms with Gasteiger partial charge in [0.2, 0.25) is 0 Å². The average molecular weight is 279 g/mol. The maximum atomic E-state index is 11.7. The van der Waals surface area contributed by atoms with Crippen LogP contribution in [0.5, 0.6) is 0 Å². The molecule has 0 aromatic carbocycles. The standard InChI is InChI=1S/C15H25N3O2/c1-6-9-20-15(19)17-14-13(7-8-18(4)5)11(2)10-12(3)16-14/h10H,6-9H2,1-5H3,(H,16,17,19). The smallest absolute Gasteiger partial charge is 0.412 e. The molecule has 1 N–H and O–H groups in total. The number of likely N-dealkylation sites (N-methyl/N-ethyl adjacent to an activating group) is 1. The fourth-order valence-corrected chi connectivity index (χ4v) is 1.95. The van der Waals surface area contributed by atoms with E-state index in [1.165, 1.54) is 0 Å². The van der Waals surface area contributed by atoms with Gasteiger partial charge in [-0.25, -0.2) is 9.78 Å². The van der Waals surface area contributed by atoms with Gasteiger partial charge in [-0.15, -0.1) is 0 Å². The van der Waals surface area contributed by atoms with Crippen molar-refractivity contribution in [2.24, 2.45) is 0 Å². The largest absolute Gasteiger partial charge is 0.449 e. The number of hydrogen-bond donors (Lipinski definition) is 1. The lowest BCUT2D eigenvalue weighted by Crippen LogP contribution is -2.20. The molecule has 0 radical (unpaired) electrons. The van der Waals surface area contributed by atoms with Crippen molar-refractivity contribution in [2.45, 2.75) is 33.6 Å². The highest BCUT2D eigenvalue weighted by atomic mass is 16.5. The third-order valence-electron chi connectivity index (χ3n) is 2.94. The zero-order valence-electron chi connectivity index (χ0n) is 13.1. The van der Waals surface area contributed by atoms with Gasteiger partial charge in [-0.3, -0.25) is 5.32 Å². The lowest BCUT2D eigenvalue weighted by atomic mass is 10.1. The highest BCUT2D eigenvalue weighted by Crippen LogP contribution is 2.19. The molecule has 5 nitrogen and oxygen atoms in total. The number of nitrogens with one attached hydrogen (secondary N) is 1. The molecule has 0 bridgehead atoms. The highest BCUT2D eigenvalue weighted by molar-refractivity contribution is 5.84. The minimum Gasteiger partial charge on any atom is -0.449 e. The van der Waals surface area contributed by atoms with Crippen LogP contribution in [0, 0.1) is 13.8 Å². The summed E-state index contributed by atoms with van der Waals surface area (Å²) < 4.78 is 5.05. The fourth-order valence-electron chi connectivity index (χ4n) is 1.95. The van der Waals surface area contributed by atoms with Crippen LogP contribution in [0.15, 0.2) is 6.07 Å². The number of carbonyl (C=O) groups excluding carboxylic acids is 1. The Morgan fingerprint density at radius 1 is 1.40 bits per heavy atom. The maximum Gasteiger partial charge on any atom is 0.412 e. The van der Waals surface area contributed by atoms with E-state index >= 15 is 0 Å². The first kappa shape index (κ1) is 16.4. The lowest BCUT2D eigenvalue weighted by Gasteiger charge is -2.16. The molecular formula is C15H25N3O2. The van der Waals surface area contributed by atoms with Crippen molar-refractivity contribution in [3.63, 3.8) is 0 Å². The number of rotatable bonds is 6. The van der Waals surface area contributed by atoms with Gasteiger partial charge in [0.25, 0.3) is 0 Å². The van der Waals surface area contributed by atoms with Gasteiger partial charge in [0.05, 0.1) is 6.61 Å². The van der Waals surface area contributed by atoms with Gasteiger partial charge in [0.15, 0.2) is 0 Å². The summed E-state index contributed by atoms with van der Waals surface area (Å²) in [5.41, 5.74) is 3.10. The fraction of sp³-hybridized carbons (Fsp3) is 0.600. The molecule has 1 amide bonds. The molecule has 1 aromatic heterocycles. The summed E-state index contributed by atoms with van der Waals surface area (Å²) in [5.74, 6) is 0.616. The van der Waals surface area contributed by atoms with Crippen LogP contribution in [-0.2, 0) is 11.2 Å². The SMILES string of the molecule is CCCOC(=O)Nc1nc(C)cc(C)c1CCN(C)C. The molecule has 0 atom stereocenters. The second-order valence-corrected chi connectivity index (χ2v) is 5.22. The molecular weight excluding hydrogens is 254 g/mol. The van der Waals surface area contributed by atoms with Gasteiger partial charge < -0.3 is 9.64 Å². The first-order valence-corrected chi connectivity index (χ1v) is 6.99. The summed E-state index contributed by atoms with van der Waals surface area (Å²) in [5, 5.41) is 2.76. The van der Waals surface area contributed by atoms with Crippen molar-refractivity contribution in [1.82, 2.24) is 9.88 Å². The predicted molar refractivity (Wildman–Crippen MR) is 81.2 cm³/mol. The Bertz CT molecular complexity index is 459. The van der Waals surface area contributed by atoms with Crippen LogP contribution in [-0.4, -0.2) is 43.2 Å². The van der Waals surface area contributed by atoms with Gasteiger partial charge in [0, 0.05) is 12.2 Å². The van der Waals surface area contributed by atoms with E-state index in [-0.39, 0.29) is 0 Å². The van der Waals surface area contributed by atoms with Crippen molar-refractivity contribution < 1.29 is 9.53 Å². The zero-order chi connectivity index (χ0) is 15.1. The van der Waals surface area contributed by atoms with Crippen molar-refractivity contribution in [3.05, 3.63) is 22.9 Å². The van der Waals surface area contributed by atoms with Crippen molar-refractivity contribution in [3.8, 4) is 0 Å². The zero-order valence-corrected chi connectivity index (χ0v) is 13.1. The number of nitrogens with zero attached hydrogens (tertiary/aromatic N) is 2. The molecule has 0 aliphatic heterocycles. The number of anilines is 1. The molecule has 0 unspecified atom stereocenters. The summed E-state index contributed by atoms with van der Waals surface area (Å²) in [4.78, 5) is 18.2. The summed E-state index contributed by atoms with van der Waals surface area (Å²) in [6.45, 7) is 7.26. The van der Waals surface area contributed by atoms with Crippen LogP contribution in [0.3, 0.4) is 0 Å². The van der Waals surface area contributed by atoms with Gasteiger partial charge >= 0.3 is 6.09 Å². The average Bonchev–Trinajstić information content (AvgIpc) is 2.34. The molecule has 5 heteroatoms. The molecule has 0 saturated heterocycles. The number of amides is 1. The molecule has 0 aliphatic carbocycles.